The van der Waals surface area contributed by atoms with Crippen molar-refractivity contribution in [3.05, 3.63) is 24.3 Å². The molecule has 2 aliphatic heterocycles. The highest BCUT2D eigenvalue weighted by atomic mass is 16.5. The standard InChI is InChI=1S/C20H30N4O3/c1-17(25)22-9-3-8-21(10-11-22)16-20(26)24-14-12-23(13-15-24)18-4-6-19(27-2)7-5-18/h4-7H,3,8-16H2,1-2H3. The number of ether oxygens (including phenoxy) is 1. The average molecular weight is 374 g/mol. The summed E-state index contributed by atoms with van der Waals surface area (Å²) in [5.41, 5.74) is 1.17. The van der Waals surface area contributed by atoms with Crippen LogP contribution in [0.4, 0.5) is 5.69 Å². The fraction of sp³-hybridized carbons (Fsp3) is 0.600. The first-order valence-electron chi connectivity index (χ1n) is 9.71. The molecule has 0 atom stereocenters. The molecular weight excluding hydrogens is 344 g/mol. The van der Waals surface area contributed by atoms with Gasteiger partial charge < -0.3 is 19.4 Å². The SMILES string of the molecule is COc1ccc(N2CCN(C(=O)CN3CCCN(C(C)=O)CC3)CC2)cc1. The molecular formula is C20H30N4O3. The maximum atomic E-state index is 12.7. The van der Waals surface area contributed by atoms with E-state index in [0.29, 0.717) is 13.1 Å². The van der Waals surface area contributed by atoms with E-state index in [1.165, 1.54) is 5.69 Å². The van der Waals surface area contributed by atoms with Crippen LogP contribution in [0.25, 0.3) is 0 Å². The van der Waals surface area contributed by atoms with Crippen LogP contribution >= 0.6 is 0 Å². The molecule has 0 bridgehead atoms. The van der Waals surface area contributed by atoms with Gasteiger partial charge in [-0.3, -0.25) is 14.5 Å². The number of rotatable bonds is 4. The third-order valence-corrected chi connectivity index (χ3v) is 5.46. The van der Waals surface area contributed by atoms with Gasteiger partial charge in [0.25, 0.3) is 0 Å². The van der Waals surface area contributed by atoms with Crippen molar-refractivity contribution in [2.45, 2.75) is 13.3 Å². The molecule has 148 valence electrons. The lowest BCUT2D eigenvalue weighted by molar-refractivity contribution is -0.132. The summed E-state index contributed by atoms with van der Waals surface area (Å²) < 4.78 is 5.21. The molecule has 0 spiro atoms. The van der Waals surface area contributed by atoms with E-state index >= 15 is 0 Å². The molecule has 7 nitrogen and oxygen atoms in total. The van der Waals surface area contributed by atoms with Gasteiger partial charge in [0.2, 0.25) is 11.8 Å². The molecule has 2 fully saturated rings. The first-order chi connectivity index (χ1) is 13.1. The van der Waals surface area contributed by atoms with Crippen LogP contribution in [0, 0.1) is 0 Å². The number of carbonyl (C=O) groups is 2. The fourth-order valence-corrected chi connectivity index (χ4v) is 3.74. The molecule has 0 unspecified atom stereocenters. The van der Waals surface area contributed by atoms with Crippen LogP contribution in [0.3, 0.4) is 0 Å². The topological polar surface area (TPSA) is 56.3 Å². The quantitative estimate of drug-likeness (QED) is 0.784. The van der Waals surface area contributed by atoms with E-state index in [2.05, 4.69) is 21.9 Å². The summed E-state index contributed by atoms with van der Waals surface area (Å²) in [5.74, 6) is 1.17. The van der Waals surface area contributed by atoms with Crippen molar-refractivity contribution in [2.24, 2.45) is 0 Å². The van der Waals surface area contributed by atoms with E-state index in [0.717, 1.165) is 58.0 Å². The first-order valence-corrected chi connectivity index (χ1v) is 9.71. The van der Waals surface area contributed by atoms with Gasteiger partial charge >= 0.3 is 0 Å². The summed E-state index contributed by atoms with van der Waals surface area (Å²) in [5, 5.41) is 0. The van der Waals surface area contributed by atoms with Gasteiger partial charge in [-0.15, -0.1) is 0 Å². The molecule has 0 aromatic heterocycles. The Morgan fingerprint density at radius 1 is 0.889 bits per heavy atom. The molecule has 3 rings (SSSR count). The number of methoxy groups -OCH3 is 1. The number of piperazine rings is 1. The fourth-order valence-electron chi connectivity index (χ4n) is 3.74. The molecule has 2 aliphatic rings. The maximum Gasteiger partial charge on any atom is 0.236 e. The largest absolute Gasteiger partial charge is 0.497 e. The number of hydrogen-bond donors (Lipinski definition) is 0. The van der Waals surface area contributed by atoms with E-state index in [1.54, 1.807) is 14.0 Å². The zero-order valence-electron chi connectivity index (χ0n) is 16.4. The van der Waals surface area contributed by atoms with Gasteiger partial charge in [-0.1, -0.05) is 0 Å². The Hall–Kier alpha value is -2.28. The van der Waals surface area contributed by atoms with Gasteiger partial charge in [0.05, 0.1) is 13.7 Å². The number of hydrogen-bond acceptors (Lipinski definition) is 5. The maximum absolute atomic E-state index is 12.7. The molecule has 1 aromatic rings. The number of amides is 2. The zero-order chi connectivity index (χ0) is 19.2. The Kier molecular flexibility index (Phi) is 6.55. The first kappa shape index (κ1) is 19.5. The normalized spacial score (nSPS) is 19.0. The lowest BCUT2D eigenvalue weighted by Crippen LogP contribution is -2.51. The van der Waals surface area contributed by atoms with Crippen LogP contribution in [0.2, 0.25) is 0 Å². The van der Waals surface area contributed by atoms with Crippen LogP contribution in [-0.2, 0) is 9.59 Å². The molecule has 2 amide bonds. The second kappa shape index (κ2) is 9.08. The highest BCUT2D eigenvalue weighted by Crippen LogP contribution is 2.20. The highest BCUT2D eigenvalue weighted by molar-refractivity contribution is 5.78. The Balaban J connectivity index is 1.46. The van der Waals surface area contributed by atoms with Crippen LogP contribution in [0.5, 0.6) is 5.75 Å². The molecule has 0 N–H and O–H groups in total. The molecule has 2 saturated heterocycles. The van der Waals surface area contributed by atoms with Crippen LogP contribution in [0.15, 0.2) is 24.3 Å². The van der Waals surface area contributed by atoms with E-state index in [1.807, 2.05) is 21.9 Å². The van der Waals surface area contributed by atoms with Crippen molar-refractivity contribution >= 4 is 17.5 Å². The van der Waals surface area contributed by atoms with Gasteiger partial charge in [0, 0.05) is 65.0 Å². The Morgan fingerprint density at radius 3 is 2.19 bits per heavy atom. The van der Waals surface area contributed by atoms with Crippen LogP contribution < -0.4 is 9.64 Å². The molecule has 0 radical (unpaired) electrons. The van der Waals surface area contributed by atoms with Crippen molar-refractivity contribution in [1.29, 1.82) is 0 Å². The molecule has 2 heterocycles. The average Bonchev–Trinajstić information content (AvgIpc) is 2.94. The van der Waals surface area contributed by atoms with Crippen molar-refractivity contribution in [2.75, 3.05) is 70.9 Å². The van der Waals surface area contributed by atoms with Crippen LogP contribution in [0.1, 0.15) is 13.3 Å². The third-order valence-electron chi connectivity index (χ3n) is 5.46. The van der Waals surface area contributed by atoms with Gasteiger partial charge in [-0.2, -0.15) is 0 Å². The van der Waals surface area contributed by atoms with Gasteiger partial charge in [-0.25, -0.2) is 0 Å². The predicted octanol–water partition coefficient (Wildman–Crippen LogP) is 0.898. The Morgan fingerprint density at radius 2 is 1.56 bits per heavy atom. The van der Waals surface area contributed by atoms with E-state index in [-0.39, 0.29) is 11.8 Å². The van der Waals surface area contributed by atoms with Gasteiger partial charge in [0.15, 0.2) is 0 Å². The monoisotopic (exact) mass is 374 g/mol. The lowest BCUT2D eigenvalue weighted by Gasteiger charge is -2.37. The summed E-state index contributed by atoms with van der Waals surface area (Å²) in [4.78, 5) is 32.5. The molecule has 27 heavy (non-hydrogen) atoms. The summed E-state index contributed by atoms with van der Waals surface area (Å²) in [7, 11) is 1.67. The predicted molar refractivity (Wildman–Crippen MR) is 105 cm³/mol. The number of anilines is 1. The summed E-state index contributed by atoms with van der Waals surface area (Å²) in [6, 6.07) is 8.07. The number of nitrogens with zero attached hydrogens (tertiary/aromatic N) is 4. The molecule has 0 aliphatic carbocycles. The van der Waals surface area contributed by atoms with Crippen molar-refractivity contribution in [3.63, 3.8) is 0 Å². The molecule has 1 aromatic carbocycles. The minimum Gasteiger partial charge on any atom is -0.497 e. The Bertz CT molecular complexity index is 641. The van der Waals surface area contributed by atoms with Crippen molar-refractivity contribution in [3.8, 4) is 5.75 Å². The summed E-state index contributed by atoms with van der Waals surface area (Å²) in [6.45, 7) is 8.41. The van der Waals surface area contributed by atoms with E-state index in [4.69, 9.17) is 4.74 Å². The van der Waals surface area contributed by atoms with Gasteiger partial charge in [0.1, 0.15) is 5.75 Å². The van der Waals surface area contributed by atoms with Crippen molar-refractivity contribution < 1.29 is 14.3 Å². The highest BCUT2D eigenvalue weighted by Gasteiger charge is 2.24. The second-order valence-electron chi connectivity index (χ2n) is 7.20. The molecule has 7 heteroatoms. The number of carbonyl (C=O) groups excluding carboxylic acids is 2. The second-order valence-corrected chi connectivity index (χ2v) is 7.20. The minimum atomic E-state index is 0.123. The lowest BCUT2D eigenvalue weighted by atomic mass is 10.2. The zero-order valence-corrected chi connectivity index (χ0v) is 16.4. The molecule has 0 saturated carbocycles. The minimum absolute atomic E-state index is 0.123. The third kappa shape index (κ3) is 5.13. The van der Waals surface area contributed by atoms with E-state index in [9.17, 15) is 9.59 Å². The van der Waals surface area contributed by atoms with Crippen molar-refractivity contribution in [1.82, 2.24) is 14.7 Å². The van der Waals surface area contributed by atoms with E-state index < -0.39 is 0 Å². The summed E-state index contributed by atoms with van der Waals surface area (Å²) >= 11 is 0. The Labute approximate surface area is 161 Å². The number of benzene rings is 1. The summed E-state index contributed by atoms with van der Waals surface area (Å²) in [6.07, 6.45) is 0.929. The smallest absolute Gasteiger partial charge is 0.236 e. The van der Waals surface area contributed by atoms with Gasteiger partial charge in [-0.05, 0) is 30.7 Å². The van der Waals surface area contributed by atoms with Crippen LogP contribution in [-0.4, -0.2) is 92.5 Å².